The molecule has 4 atom stereocenters. The monoisotopic (exact) mass is 340 g/mol. The van der Waals surface area contributed by atoms with Gasteiger partial charge in [-0.2, -0.15) is 0 Å². The molecule has 3 nitrogen and oxygen atoms in total. The molecule has 1 aromatic carbocycles. The molecule has 2 bridgehead atoms. The molecule has 0 amide bonds. The highest BCUT2D eigenvalue weighted by Gasteiger charge is 2.48. The highest BCUT2D eigenvalue weighted by atomic mass is 35.5. The molecule has 3 rings (SSSR count). The number of hydrogen-bond acceptors (Lipinski definition) is 3. The summed E-state index contributed by atoms with van der Waals surface area (Å²) in [6, 6.07) is 5.44. The van der Waals surface area contributed by atoms with Crippen LogP contribution in [0, 0.1) is 11.8 Å². The van der Waals surface area contributed by atoms with Gasteiger partial charge >= 0.3 is 0 Å². The lowest BCUT2D eigenvalue weighted by Crippen LogP contribution is -2.51. The standard InChI is InChI=1S/C17H18Cl2O3/c1-10-15(20)8-12-9-16(10)21-22-17(12,2)6-5-11-3-4-13(18)14(19)7-11/h3-7,10,12,16H,8-9H2,1-2H3/t10-,12+,16+,17+/m0/s1. The molecule has 0 spiro atoms. The first kappa shape index (κ1) is 16.0. The van der Waals surface area contributed by atoms with Crippen LogP contribution >= 0.6 is 23.2 Å². The first-order valence-electron chi connectivity index (χ1n) is 7.40. The van der Waals surface area contributed by atoms with E-state index in [-0.39, 0.29) is 23.7 Å². The molecule has 0 aromatic heterocycles. The smallest absolute Gasteiger partial charge is 0.138 e. The molecule has 0 radical (unpaired) electrons. The fraction of sp³-hybridized carbons (Fsp3) is 0.471. The third kappa shape index (κ3) is 2.95. The van der Waals surface area contributed by atoms with Crippen LogP contribution < -0.4 is 0 Å². The van der Waals surface area contributed by atoms with Gasteiger partial charge in [0.1, 0.15) is 17.5 Å². The maximum absolute atomic E-state index is 12.1. The Balaban J connectivity index is 1.80. The number of hydrogen-bond donors (Lipinski definition) is 0. The molecule has 1 aliphatic heterocycles. The Morgan fingerprint density at radius 2 is 2.09 bits per heavy atom. The third-order valence-corrected chi connectivity index (χ3v) is 5.48. The van der Waals surface area contributed by atoms with E-state index in [1.54, 1.807) is 12.1 Å². The second-order valence-electron chi connectivity index (χ2n) is 6.30. The lowest BCUT2D eigenvalue weighted by atomic mass is 9.71. The van der Waals surface area contributed by atoms with Gasteiger partial charge in [-0.25, -0.2) is 9.78 Å². The lowest BCUT2D eigenvalue weighted by Gasteiger charge is -2.45. The zero-order chi connectivity index (χ0) is 15.9. The fourth-order valence-electron chi connectivity index (χ4n) is 3.04. The molecule has 1 aliphatic carbocycles. The number of fused-ring (bicyclic) bond motifs is 2. The predicted molar refractivity (Wildman–Crippen MR) is 86.8 cm³/mol. The van der Waals surface area contributed by atoms with Crippen LogP contribution in [0.25, 0.3) is 6.08 Å². The van der Waals surface area contributed by atoms with Crippen LogP contribution in [0.4, 0.5) is 0 Å². The number of ketones is 1. The maximum Gasteiger partial charge on any atom is 0.138 e. The van der Waals surface area contributed by atoms with E-state index in [1.807, 2.05) is 32.1 Å². The van der Waals surface area contributed by atoms with Crippen molar-refractivity contribution in [3.8, 4) is 0 Å². The first-order valence-corrected chi connectivity index (χ1v) is 8.16. The summed E-state index contributed by atoms with van der Waals surface area (Å²) in [6.45, 7) is 3.85. The van der Waals surface area contributed by atoms with Crippen molar-refractivity contribution in [2.75, 3.05) is 0 Å². The van der Waals surface area contributed by atoms with Crippen LogP contribution in [-0.2, 0) is 14.6 Å². The van der Waals surface area contributed by atoms with Crippen molar-refractivity contribution < 1.29 is 14.6 Å². The van der Waals surface area contributed by atoms with Gasteiger partial charge in [-0.1, -0.05) is 42.3 Å². The van der Waals surface area contributed by atoms with E-state index >= 15 is 0 Å². The van der Waals surface area contributed by atoms with Crippen molar-refractivity contribution in [3.63, 3.8) is 0 Å². The molecule has 22 heavy (non-hydrogen) atoms. The third-order valence-electron chi connectivity index (χ3n) is 4.74. The Bertz CT molecular complexity index is 628. The second kappa shape index (κ2) is 5.97. The van der Waals surface area contributed by atoms with E-state index in [1.165, 1.54) is 0 Å². The van der Waals surface area contributed by atoms with Crippen molar-refractivity contribution in [1.29, 1.82) is 0 Å². The van der Waals surface area contributed by atoms with Crippen LogP contribution in [0.2, 0.25) is 10.0 Å². The number of rotatable bonds is 2. The highest BCUT2D eigenvalue weighted by Crippen LogP contribution is 2.43. The topological polar surface area (TPSA) is 35.5 Å². The van der Waals surface area contributed by atoms with Crippen molar-refractivity contribution in [3.05, 3.63) is 39.9 Å². The number of carbonyl (C=O) groups is 1. The summed E-state index contributed by atoms with van der Waals surface area (Å²) < 4.78 is 0. The van der Waals surface area contributed by atoms with Gasteiger partial charge in [-0.05, 0) is 37.1 Å². The van der Waals surface area contributed by atoms with Crippen LogP contribution in [0.1, 0.15) is 32.3 Å². The predicted octanol–water partition coefficient (Wildman–Crippen LogP) is 4.71. The molecule has 2 aliphatic rings. The molecule has 5 heteroatoms. The minimum Gasteiger partial charge on any atom is -0.299 e. The van der Waals surface area contributed by atoms with Gasteiger partial charge in [-0.15, -0.1) is 0 Å². The largest absolute Gasteiger partial charge is 0.299 e. The van der Waals surface area contributed by atoms with E-state index < -0.39 is 5.60 Å². The summed E-state index contributed by atoms with van der Waals surface area (Å²) in [5, 5.41) is 1.04. The highest BCUT2D eigenvalue weighted by molar-refractivity contribution is 6.42. The summed E-state index contributed by atoms with van der Waals surface area (Å²) >= 11 is 11.9. The average molecular weight is 341 g/mol. The molecule has 1 heterocycles. The molecular formula is C17H18Cl2O3. The molecular weight excluding hydrogens is 323 g/mol. The van der Waals surface area contributed by atoms with E-state index in [2.05, 4.69) is 0 Å². The summed E-state index contributed by atoms with van der Waals surface area (Å²) in [5.74, 6) is 0.299. The van der Waals surface area contributed by atoms with Gasteiger partial charge in [0.05, 0.1) is 10.0 Å². The number of carbonyl (C=O) groups excluding carboxylic acids is 1. The molecule has 118 valence electrons. The van der Waals surface area contributed by atoms with Gasteiger partial charge in [0, 0.05) is 18.3 Å². The molecule has 1 saturated carbocycles. The van der Waals surface area contributed by atoms with E-state index in [0.717, 1.165) is 12.0 Å². The number of halogens is 2. The normalized spacial score (nSPS) is 35.1. The molecule has 2 fully saturated rings. The maximum atomic E-state index is 12.1. The van der Waals surface area contributed by atoms with Gasteiger partial charge < -0.3 is 0 Å². The van der Waals surface area contributed by atoms with Crippen LogP contribution in [0.5, 0.6) is 0 Å². The Morgan fingerprint density at radius 1 is 1.32 bits per heavy atom. The zero-order valence-corrected chi connectivity index (χ0v) is 14.0. The lowest BCUT2D eigenvalue weighted by molar-refractivity contribution is -0.415. The zero-order valence-electron chi connectivity index (χ0n) is 12.5. The van der Waals surface area contributed by atoms with Crippen molar-refractivity contribution in [1.82, 2.24) is 0 Å². The van der Waals surface area contributed by atoms with Gasteiger partial charge in [-0.3, -0.25) is 4.79 Å². The number of benzene rings is 1. The Labute approximate surface area is 140 Å². The minimum absolute atomic E-state index is 0.0835. The first-order chi connectivity index (χ1) is 10.4. The van der Waals surface area contributed by atoms with Gasteiger partial charge in [0.2, 0.25) is 0 Å². The summed E-state index contributed by atoms with van der Waals surface area (Å²) in [6.07, 6.45) is 5.11. The average Bonchev–Trinajstić information content (AvgIpc) is 2.49. The molecule has 0 N–H and O–H groups in total. The second-order valence-corrected chi connectivity index (χ2v) is 7.11. The Hall–Kier alpha value is -0.870. The van der Waals surface area contributed by atoms with Crippen LogP contribution in [0.3, 0.4) is 0 Å². The fourth-order valence-corrected chi connectivity index (χ4v) is 3.34. The Morgan fingerprint density at radius 3 is 2.82 bits per heavy atom. The van der Waals surface area contributed by atoms with Gasteiger partial charge in [0.25, 0.3) is 0 Å². The molecule has 0 unspecified atom stereocenters. The Kier molecular flexibility index (Phi) is 4.34. The van der Waals surface area contributed by atoms with E-state index in [4.69, 9.17) is 33.0 Å². The van der Waals surface area contributed by atoms with Crippen LogP contribution in [0.15, 0.2) is 24.3 Å². The minimum atomic E-state index is -0.613. The van der Waals surface area contributed by atoms with Crippen molar-refractivity contribution in [2.24, 2.45) is 11.8 Å². The van der Waals surface area contributed by atoms with Crippen molar-refractivity contribution in [2.45, 2.75) is 38.4 Å². The summed E-state index contributed by atoms with van der Waals surface area (Å²) in [5.41, 5.74) is 0.315. The van der Waals surface area contributed by atoms with Crippen molar-refractivity contribution >= 4 is 35.1 Å². The quantitative estimate of drug-likeness (QED) is 0.731. The molecule has 1 saturated heterocycles. The van der Waals surface area contributed by atoms with E-state index in [9.17, 15) is 4.79 Å². The van der Waals surface area contributed by atoms with Crippen LogP contribution in [-0.4, -0.2) is 17.5 Å². The SMILES string of the molecule is C[C@H]1C(=O)C[C@@H]2C[C@H]1OO[C@]2(C)C=Cc1ccc(Cl)c(Cl)c1. The van der Waals surface area contributed by atoms with Gasteiger partial charge in [0.15, 0.2) is 0 Å². The summed E-state index contributed by atoms with van der Waals surface area (Å²) in [7, 11) is 0. The summed E-state index contributed by atoms with van der Waals surface area (Å²) in [4.78, 5) is 23.1. The molecule has 1 aromatic rings. The number of Topliss-reactive ketones (excluding diaryl/α,β-unsaturated/α-hetero) is 1. The van der Waals surface area contributed by atoms with E-state index in [0.29, 0.717) is 16.5 Å².